The predicted molar refractivity (Wildman–Crippen MR) is 73.8 cm³/mol. The molecule has 1 amide bonds. The molecule has 1 aromatic rings. The molecule has 2 rings (SSSR count). The molecule has 0 aromatic heterocycles. The number of rotatable bonds is 2. The highest BCUT2D eigenvalue weighted by atomic mass is 79.9. The summed E-state index contributed by atoms with van der Waals surface area (Å²) in [6, 6.07) is 5.00. The Morgan fingerprint density at radius 3 is 3.11 bits per heavy atom. The van der Waals surface area contributed by atoms with Gasteiger partial charge in [-0.25, -0.2) is 0 Å². The number of carbonyl (C=O) groups excluding carboxylic acids is 1. The zero-order valence-electron chi connectivity index (χ0n) is 10.1. The highest BCUT2D eigenvalue weighted by molar-refractivity contribution is 9.10. The van der Waals surface area contributed by atoms with Crippen LogP contribution in [0.5, 0.6) is 5.75 Å². The molecule has 98 valence electrons. The summed E-state index contributed by atoms with van der Waals surface area (Å²) in [7, 11) is 0. The minimum Gasteiger partial charge on any atom is -0.507 e. The molecule has 5 heteroatoms. The fourth-order valence-electron chi connectivity index (χ4n) is 2.10. The van der Waals surface area contributed by atoms with Gasteiger partial charge < -0.3 is 15.7 Å². The smallest absolute Gasteiger partial charge is 0.255 e. The summed E-state index contributed by atoms with van der Waals surface area (Å²) in [5.41, 5.74) is 0.314. The van der Waals surface area contributed by atoms with Crippen LogP contribution in [0.25, 0.3) is 0 Å². The highest BCUT2D eigenvalue weighted by Crippen LogP contribution is 2.22. The van der Waals surface area contributed by atoms with Crippen LogP contribution in [0.15, 0.2) is 22.7 Å². The van der Waals surface area contributed by atoms with Gasteiger partial charge in [-0.05, 0) is 37.6 Å². The molecule has 1 atom stereocenters. The molecule has 1 heterocycles. The molecule has 0 aliphatic carbocycles. The first-order valence-corrected chi connectivity index (χ1v) is 6.96. The van der Waals surface area contributed by atoms with Crippen molar-refractivity contribution in [2.75, 3.05) is 13.1 Å². The van der Waals surface area contributed by atoms with E-state index in [1.165, 1.54) is 6.07 Å². The lowest BCUT2D eigenvalue weighted by Gasteiger charge is -2.16. The van der Waals surface area contributed by atoms with Crippen LogP contribution in [-0.2, 0) is 0 Å². The monoisotopic (exact) mass is 312 g/mol. The number of carbonyl (C=O) groups is 1. The molecule has 4 nitrogen and oxygen atoms in total. The van der Waals surface area contributed by atoms with E-state index in [-0.39, 0.29) is 17.7 Å². The van der Waals surface area contributed by atoms with Gasteiger partial charge in [-0.2, -0.15) is 0 Å². The van der Waals surface area contributed by atoms with Crippen LogP contribution in [0.4, 0.5) is 0 Å². The minimum absolute atomic E-state index is 0.0114. The summed E-state index contributed by atoms with van der Waals surface area (Å²) in [5, 5.41) is 15.9. The Morgan fingerprint density at radius 2 is 2.28 bits per heavy atom. The maximum Gasteiger partial charge on any atom is 0.255 e. The van der Waals surface area contributed by atoms with Crippen molar-refractivity contribution in [2.45, 2.75) is 25.3 Å². The Labute approximate surface area is 115 Å². The van der Waals surface area contributed by atoms with Gasteiger partial charge in [0.1, 0.15) is 5.75 Å². The highest BCUT2D eigenvalue weighted by Gasteiger charge is 2.17. The third-order valence-electron chi connectivity index (χ3n) is 3.09. The molecular weight excluding hydrogens is 296 g/mol. The summed E-state index contributed by atoms with van der Waals surface area (Å²) in [6.45, 7) is 1.80. The second-order valence-electron chi connectivity index (χ2n) is 4.53. The lowest BCUT2D eigenvalue weighted by atomic mass is 10.1. The number of nitrogens with one attached hydrogen (secondary N) is 2. The first kappa shape index (κ1) is 13.4. The van der Waals surface area contributed by atoms with E-state index in [1.807, 2.05) is 0 Å². The van der Waals surface area contributed by atoms with Crippen molar-refractivity contribution in [1.29, 1.82) is 0 Å². The van der Waals surface area contributed by atoms with Gasteiger partial charge in [-0.3, -0.25) is 4.79 Å². The minimum atomic E-state index is -0.220. The van der Waals surface area contributed by atoms with Crippen LogP contribution in [-0.4, -0.2) is 30.1 Å². The molecule has 0 spiro atoms. The maximum absolute atomic E-state index is 12.1. The molecule has 1 aliphatic heterocycles. The van der Waals surface area contributed by atoms with E-state index >= 15 is 0 Å². The number of phenols is 1. The predicted octanol–water partition coefficient (Wildman–Crippen LogP) is 2.03. The molecular formula is C13H17BrN2O2. The number of aromatic hydroxyl groups is 1. The molecule has 18 heavy (non-hydrogen) atoms. The van der Waals surface area contributed by atoms with Crippen LogP contribution in [0.3, 0.4) is 0 Å². The van der Waals surface area contributed by atoms with E-state index in [9.17, 15) is 9.90 Å². The van der Waals surface area contributed by atoms with Gasteiger partial charge in [0.15, 0.2) is 0 Å². The van der Waals surface area contributed by atoms with Crippen molar-refractivity contribution in [3.05, 3.63) is 28.2 Å². The molecule has 0 radical (unpaired) electrons. The average molecular weight is 313 g/mol. The molecule has 1 unspecified atom stereocenters. The summed E-state index contributed by atoms with van der Waals surface area (Å²) >= 11 is 3.30. The van der Waals surface area contributed by atoms with Crippen LogP contribution in [0.1, 0.15) is 29.6 Å². The lowest BCUT2D eigenvalue weighted by molar-refractivity contribution is 0.0933. The second kappa shape index (κ2) is 6.20. The molecule has 0 bridgehead atoms. The normalized spacial score (nSPS) is 20.2. The van der Waals surface area contributed by atoms with Crippen molar-refractivity contribution in [3.63, 3.8) is 0 Å². The molecule has 1 saturated heterocycles. The Kier molecular flexibility index (Phi) is 4.60. The fourth-order valence-corrected chi connectivity index (χ4v) is 2.46. The van der Waals surface area contributed by atoms with Crippen molar-refractivity contribution in [2.24, 2.45) is 0 Å². The van der Waals surface area contributed by atoms with E-state index in [1.54, 1.807) is 12.1 Å². The summed E-state index contributed by atoms with van der Waals surface area (Å²) in [4.78, 5) is 12.1. The van der Waals surface area contributed by atoms with E-state index in [0.29, 0.717) is 5.56 Å². The zero-order chi connectivity index (χ0) is 13.0. The first-order valence-electron chi connectivity index (χ1n) is 6.17. The van der Waals surface area contributed by atoms with Gasteiger partial charge in [0.2, 0.25) is 0 Å². The Bertz CT molecular complexity index is 429. The Hall–Kier alpha value is -1.07. The third-order valence-corrected chi connectivity index (χ3v) is 3.58. The van der Waals surface area contributed by atoms with Crippen molar-refractivity contribution >= 4 is 21.8 Å². The molecule has 3 N–H and O–H groups in total. The van der Waals surface area contributed by atoms with Gasteiger partial charge >= 0.3 is 0 Å². The van der Waals surface area contributed by atoms with E-state index in [0.717, 1.165) is 36.8 Å². The lowest BCUT2D eigenvalue weighted by Crippen LogP contribution is -2.40. The molecule has 1 aromatic carbocycles. The van der Waals surface area contributed by atoms with Gasteiger partial charge in [-0.15, -0.1) is 0 Å². The van der Waals surface area contributed by atoms with E-state index in [2.05, 4.69) is 26.6 Å². The van der Waals surface area contributed by atoms with Crippen LogP contribution < -0.4 is 10.6 Å². The maximum atomic E-state index is 12.1. The van der Waals surface area contributed by atoms with Crippen molar-refractivity contribution in [1.82, 2.24) is 10.6 Å². The third kappa shape index (κ3) is 3.46. The number of hydrogen-bond donors (Lipinski definition) is 3. The number of phenolic OH excluding ortho intramolecular Hbond substituents is 1. The first-order chi connectivity index (χ1) is 8.66. The van der Waals surface area contributed by atoms with Gasteiger partial charge in [0, 0.05) is 17.1 Å². The quantitative estimate of drug-likeness (QED) is 0.783. The van der Waals surface area contributed by atoms with Crippen molar-refractivity contribution < 1.29 is 9.90 Å². The van der Waals surface area contributed by atoms with E-state index in [4.69, 9.17) is 0 Å². The molecule has 1 aliphatic rings. The van der Waals surface area contributed by atoms with E-state index < -0.39 is 0 Å². The Morgan fingerprint density at radius 1 is 1.44 bits per heavy atom. The molecule has 0 saturated carbocycles. The van der Waals surface area contributed by atoms with Gasteiger partial charge in [-0.1, -0.05) is 22.4 Å². The summed E-state index contributed by atoms with van der Waals surface area (Å²) < 4.78 is 0.782. The standard InChI is InChI=1S/C13H17BrN2O2/c14-9-4-5-12(17)11(7-9)13(18)16-10-3-1-2-6-15-8-10/h4-5,7,10,15,17H,1-3,6,8H2,(H,16,18). The second-order valence-corrected chi connectivity index (χ2v) is 5.45. The Balaban J connectivity index is 2.04. The van der Waals surface area contributed by atoms with Crippen LogP contribution in [0.2, 0.25) is 0 Å². The van der Waals surface area contributed by atoms with Gasteiger partial charge in [0.05, 0.1) is 5.56 Å². The topological polar surface area (TPSA) is 61.4 Å². The zero-order valence-corrected chi connectivity index (χ0v) is 11.7. The largest absolute Gasteiger partial charge is 0.507 e. The van der Waals surface area contributed by atoms with Crippen molar-refractivity contribution in [3.8, 4) is 5.75 Å². The van der Waals surface area contributed by atoms with Crippen LogP contribution >= 0.6 is 15.9 Å². The summed E-state index contributed by atoms with van der Waals surface area (Å²) in [5.74, 6) is -0.209. The number of hydrogen-bond acceptors (Lipinski definition) is 3. The number of amides is 1. The summed E-state index contributed by atoms with van der Waals surface area (Å²) in [6.07, 6.45) is 3.24. The number of halogens is 1. The van der Waals surface area contributed by atoms with Gasteiger partial charge in [0.25, 0.3) is 5.91 Å². The fraction of sp³-hybridized carbons (Fsp3) is 0.462. The average Bonchev–Trinajstić information content (AvgIpc) is 2.61. The molecule has 1 fully saturated rings. The van der Waals surface area contributed by atoms with Crippen LogP contribution in [0, 0.1) is 0 Å². The SMILES string of the molecule is O=C(NC1CCCCNC1)c1cc(Br)ccc1O. The number of benzene rings is 1.